The lowest BCUT2D eigenvalue weighted by Crippen LogP contribution is -2.27. The highest BCUT2D eigenvalue weighted by Gasteiger charge is 2.19. The summed E-state index contributed by atoms with van der Waals surface area (Å²) >= 11 is 5.90. The van der Waals surface area contributed by atoms with E-state index in [0.717, 1.165) is 11.3 Å². The molecule has 122 valence electrons. The van der Waals surface area contributed by atoms with E-state index in [0.29, 0.717) is 16.4 Å². The third-order valence-corrected chi connectivity index (χ3v) is 4.08. The molecule has 0 fully saturated rings. The molecule has 3 rings (SSSR count). The molecular formula is C18H17ClN4O. The minimum absolute atomic E-state index is 0.112. The van der Waals surface area contributed by atoms with Gasteiger partial charge in [-0.05, 0) is 43.7 Å². The highest BCUT2D eigenvalue weighted by Crippen LogP contribution is 2.17. The van der Waals surface area contributed by atoms with Gasteiger partial charge in [-0.3, -0.25) is 4.79 Å². The van der Waals surface area contributed by atoms with Crippen molar-refractivity contribution in [3.8, 4) is 5.69 Å². The Morgan fingerprint density at radius 1 is 1.12 bits per heavy atom. The SMILES string of the molecule is Cc1c(C(=O)N[C@H](C)c2ccccc2)nnn1-c1ccc(Cl)cc1. The van der Waals surface area contributed by atoms with Crippen LogP contribution in [0.4, 0.5) is 0 Å². The molecule has 0 aliphatic rings. The summed E-state index contributed by atoms with van der Waals surface area (Å²) in [6, 6.07) is 16.9. The zero-order valence-corrected chi connectivity index (χ0v) is 14.2. The maximum absolute atomic E-state index is 12.5. The van der Waals surface area contributed by atoms with E-state index in [1.54, 1.807) is 16.8 Å². The zero-order chi connectivity index (χ0) is 17.1. The van der Waals surface area contributed by atoms with Crippen molar-refractivity contribution in [1.82, 2.24) is 20.3 Å². The number of rotatable bonds is 4. The molecule has 5 nitrogen and oxygen atoms in total. The summed E-state index contributed by atoms with van der Waals surface area (Å²) in [5.74, 6) is -0.246. The third kappa shape index (κ3) is 3.31. The van der Waals surface area contributed by atoms with Gasteiger partial charge in [-0.15, -0.1) is 5.10 Å². The van der Waals surface area contributed by atoms with Crippen molar-refractivity contribution in [2.45, 2.75) is 19.9 Å². The predicted octanol–water partition coefficient (Wildman–Crippen LogP) is 3.72. The van der Waals surface area contributed by atoms with Gasteiger partial charge in [0.2, 0.25) is 0 Å². The lowest BCUT2D eigenvalue weighted by atomic mass is 10.1. The summed E-state index contributed by atoms with van der Waals surface area (Å²) in [5.41, 5.74) is 2.83. The molecular weight excluding hydrogens is 324 g/mol. The summed E-state index contributed by atoms with van der Waals surface area (Å²) in [7, 11) is 0. The summed E-state index contributed by atoms with van der Waals surface area (Å²) in [4.78, 5) is 12.5. The van der Waals surface area contributed by atoms with Crippen molar-refractivity contribution in [2.75, 3.05) is 0 Å². The second-order valence-electron chi connectivity index (χ2n) is 5.52. The van der Waals surface area contributed by atoms with E-state index >= 15 is 0 Å². The molecule has 6 heteroatoms. The van der Waals surface area contributed by atoms with Crippen LogP contribution in [0.25, 0.3) is 5.69 Å². The highest BCUT2D eigenvalue weighted by atomic mass is 35.5. The monoisotopic (exact) mass is 340 g/mol. The largest absolute Gasteiger partial charge is 0.344 e. The van der Waals surface area contributed by atoms with Crippen LogP contribution in [0.15, 0.2) is 54.6 Å². The average molecular weight is 341 g/mol. The van der Waals surface area contributed by atoms with Crippen LogP contribution in [-0.4, -0.2) is 20.9 Å². The Morgan fingerprint density at radius 3 is 2.46 bits per heavy atom. The molecule has 0 saturated carbocycles. The van der Waals surface area contributed by atoms with Crippen molar-refractivity contribution in [3.63, 3.8) is 0 Å². The predicted molar refractivity (Wildman–Crippen MR) is 93.4 cm³/mol. The molecule has 0 bridgehead atoms. The Labute approximate surface area is 145 Å². The van der Waals surface area contributed by atoms with Gasteiger partial charge in [-0.25, -0.2) is 4.68 Å². The molecule has 0 saturated heterocycles. The molecule has 3 aromatic rings. The normalized spacial score (nSPS) is 12.0. The molecule has 1 atom stereocenters. The van der Waals surface area contributed by atoms with Crippen LogP contribution in [0.1, 0.15) is 34.7 Å². The minimum Gasteiger partial charge on any atom is -0.344 e. The van der Waals surface area contributed by atoms with E-state index in [4.69, 9.17) is 11.6 Å². The van der Waals surface area contributed by atoms with E-state index in [1.165, 1.54) is 0 Å². The van der Waals surface area contributed by atoms with Gasteiger partial charge in [0.25, 0.3) is 5.91 Å². The van der Waals surface area contributed by atoms with Crippen molar-refractivity contribution in [3.05, 3.63) is 76.6 Å². The summed E-state index contributed by atoms with van der Waals surface area (Å²) in [6.07, 6.45) is 0. The highest BCUT2D eigenvalue weighted by molar-refractivity contribution is 6.30. The first-order valence-corrected chi connectivity index (χ1v) is 7.98. The van der Waals surface area contributed by atoms with Crippen LogP contribution < -0.4 is 5.32 Å². The van der Waals surface area contributed by atoms with Crippen LogP contribution in [0.5, 0.6) is 0 Å². The van der Waals surface area contributed by atoms with Gasteiger partial charge in [0.15, 0.2) is 5.69 Å². The van der Waals surface area contributed by atoms with E-state index in [-0.39, 0.29) is 11.9 Å². The standard InChI is InChI=1S/C18H17ClN4O/c1-12(14-6-4-3-5-7-14)20-18(24)17-13(2)23(22-21-17)16-10-8-15(19)9-11-16/h3-12H,1-2H3,(H,20,24)/t12-/m1/s1. The first-order valence-electron chi connectivity index (χ1n) is 7.60. The van der Waals surface area contributed by atoms with Crippen molar-refractivity contribution in [1.29, 1.82) is 0 Å². The first-order chi connectivity index (χ1) is 11.6. The van der Waals surface area contributed by atoms with E-state index < -0.39 is 0 Å². The second kappa shape index (κ2) is 6.84. The molecule has 1 N–H and O–H groups in total. The van der Waals surface area contributed by atoms with Crippen molar-refractivity contribution < 1.29 is 4.79 Å². The Bertz CT molecular complexity index is 843. The van der Waals surface area contributed by atoms with Gasteiger partial charge < -0.3 is 5.32 Å². The number of hydrogen-bond acceptors (Lipinski definition) is 3. The Hall–Kier alpha value is -2.66. The van der Waals surface area contributed by atoms with Crippen LogP contribution in [-0.2, 0) is 0 Å². The summed E-state index contributed by atoms with van der Waals surface area (Å²) < 4.78 is 1.62. The molecule has 24 heavy (non-hydrogen) atoms. The fourth-order valence-electron chi connectivity index (χ4n) is 2.46. The number of halogens is 1. The van der Waals surface area contributed by atoms with Gasteiger partial charge in [0.1, 0.15) is 0 Å². The van der Waals surface area contributed by atoms with Gasteiger partial charge in [0, 0.05) is 5.02 Å². The lowest BCUT2D eigenvalue weighted by Gasteiger charge is -2.13. The molecule has 1 heterocycles. The quantitative estimate of drug-likeness (QED) is 0.787. The van der Waals surface area contributed by atoms with Crippen molar-refractivity contribution in [2.24, 2.45) is 0 Å². The Kier molecular flexibility index (Phi) is 4.62. The maximum Gasteiger partial charge on any atom is 0.274 e. The number of carbonyl (C=O) groups is 1. The number of carbonyl (C=O) groups excluding carboxylic acids is 1. The van der Waals surface area contributed by atoms with Crippen LogP contribution in [0, 0.1) is 6.92 Å². The van der Waals surface area contributed by atoms with E-state index in [9.17, 15) is 4.79 Å². The second-order valence-corrected chi connectivity index (χ2v) is 5.95. The zero-order valence-electron chi connectivity index (χ0n) is 13.4. The van der Waals surface area contributed by atoms with Crippen LogP contribution in [0.3, 0.4) is 0 Å². The summed E-state index contributed by atoms with van der Waals surface area (Å²) in [6.45, 7) is 3.75. The molecule has 0 aliphatic heterocycles. The smallest absolute Gasteiger partial charge is 0.274 e. The minimum atomic E-state index is -0.246. The lowest BCUT2D eigenvalue weighted by molar-refractivity contribution is 0.0934. The topological polar surface area (TPSA) is 59.8 Å². The van der Waals surface area contributed by atoms with Crippen molar-refractivity contribution >= 4 is 17.5 Å². The molecule has 0 aliphatic carbocycles. The number of amides is 1. The Morgan fingerprint density at radius 2 is 1.79 bits per heavy atom. The average Bonchev–Trinajstić information content (AvgIpc) is 2.98. The Balaban J connectivity index is 1.80. The van der Waals surface area contributed by atoms with Gasteiger partial charge in [0.05, 0.1) is 17.4 Å². The molecule has 0 unspecified atom stereocenters. The molecule has 0 radical (unpaired) electrons. The third-order valence-electron chi connectivity index (χ3n) is 3.83. The van der Waals surface area contributed by atoms with Crippen LogP contribution in [0.2, 0.25) is 5.02 Å². The van der Waals surface area contributed by atoms with Gasteiger partial charge in [-0.1, -0.05) is 47.1 Å². The summed E-state index contributed by atoms with van der Waals surface area (Å²) in [5, 5.41) is 11.7. The van der Waals surface area contributed by atoms with E-state index in [1.807, 2.05) is 56.3 Å². The maximum atomic E-state index is 12.5. The number of hydrogen-bond donors (Lipinski definition) is 1. The molecule has 0 spiro atoms. The van der Waals surface area contributed by atoms with Gasteiger partial charge in [-0.2, -0.15) is 0 Å². The molecule has 2 aromatic carbocycles. The van der Waals surface area contributed by atoms with Gasteiger partial charge >= 0.3 is 0 Å². The fourth-order valence-corrected chi connectivity index (χ4v) is 2.58. The number of nitrogens with one attached hydrogen (secondary N) is 1. The number of benzene rings is 2. The van der Waals surface area contributed by atoms with Crippen LogP contribution >= 0.6 is 11.6 Å². The number of aromatic nitrogens is 3. The molecule has 1 amide bonds. The first kappa shape index (κ1) is 16.2. The molecule has 1 aromatic heterocycles. The van der Waals surface area contributed by atoms with E-state index in [2.05, 4.69) is 15.6 Å². The fraction of sp³-hybridized carbons (Fsp3) is 0.167. The number of nitrogens with zero attached hydrogens (tertiary/aromatic N) is 3.